The molecule has 0 aromatic heterocycles. The molecule has 0 saturated heterocycles. The molecule has 0 aliphatic heterocycles. The third-order valence-corrected chi connectivity index (χ3v) is 3.46. The zero-order valence-electron chi connectivity index (χ0n) is 10.1. The van der Waals surface area contributed by atoms with Gasteiger partial charge in [-0.1, -0.05) is 24.4 Å². The molecule has 2 rings (SSSR count). The standard InChI is InChI=1S/C14H16ClNO2/c15-11-7-5-10(6-8-11)13(17)9-14(18)16-12-3-1-2-4-12/h5-8,12H,1-4,9H2,(H,16,18). The van der Waals surface area contributed by atoms with Gasteiger partial charge in [-0.2, -0.15) is 0 Å². The fraction of sp³-hybridized carbons (Fsp3) is 0.429. The lowest BCUT2D eigenvalue weighted by molar-refractivity contribution is -0.120. The van der Waals surface area contributed by atoms with Gasteiger partial charge in [0.15, 0.2) is 5.78 Å². The topological polar surface area (TPSA) is 46.2 Å². The number of carbonyl (C=O) groups excluding carboxylic acids is 2. The van der Waals surface area contributed by atoms with Crippen molar-refractivity contribution in [2.24, 2.45) is 0 Å². The predicted molar refractivity (Wildman–Crippen MR) is 70.8 cm³/mol. The highest BCUT2D eigenvalue weighted by molar-refractivity contribution is 6.30. The summed E-state index contributed by atoms with van der Waals surface area (Å²) in [5.74, 6) is -0.344. The molecule has 1 aromatic carbocycles. The summed E-state index contributed by atoms with van der Waals surface area (Å²) >= 11 is 5.74. The molecule has 1 aliphatic rings. The minimum absolute atomic E-state index is 0.0852. The Morgan fingerprint density at radius 1 is 1.17 bits per heavy atom. The van der Waals surface area contributed by atoms with Crippen LogP contribution in [-0.2, 0) is 4.79 Å². The van der Waals surface area contributed by atoms with Gasteiger partial charge in [0.2, 0.25) is 5.91 Å². The van der Waals surface area contributed by atoms with Crippen molar-refractivity contribution in [3.8, 4) is 0 Å². The van der Waals surface area contributed by atoms with E-state index in [1.807, 2.05) is 0 Å². The van der Waals surface area contributed by atoms with Crippen molar-refractivity contribution in [2.75, 3.05) is 0 Å². The maximum Gasteiger partial charge on any atom is 0.228 e. The van der Waals surface area contributed by atoms with E-state index in [2.05, 4.69) is 5.32 Å². The van der Waals surface area contributed by atoms with Crippen molar-refractivity contribution in [3.05, 3.63) is 34.9 Å². The van der Waals surface area contributed by atoms with Gasteiger partial charge in [-0.05, 0) is 37.1 Å². The van der Waals surface area contributed by atoms with Gasteiger partial charge in [-0.3, -0.25) is 9.59 Å². The Bertz CT molecular complexity index is 436. The second-order valence-electron chi connectivity index (χ2n) is 4.66. The van der Waals surface area contributed by atoms with Crippen molar-refractivity contribution in [1.82, 2.24) is 5.32 Å². The number of ketones is 1. The van der Waals surface area contributed by atoms with Gasteiger partial charge in [-0.25, -0.2) is 0 Å². The monoisotopic (exact) mass is 265 g/mol. The van der Waals surface area contributed by atoms with Gasteiger partial charge in [-0.15, -0.1) is 0 Å². The van der Waals surface area contributed by atoms with Crippen molar-refractivity contribution in [1.29, 1.82) is 0 Å². The van der Waals surface area contributed by atoms with E-state index in [4.69, 9.17) is 11.6 Å². The third-order valence-electron chi connectivity index (χ3n) is 3.21. The van der Waals surface area contributed by atoms with Crippen LogP contribution in [0.3, 0.4) is 0 Å². The highest BCUT2D eigenvalue weighted by atomic mass is 35.5. The van der Waals surface area contributed by atoms with Crippen LogP contribution in [0.4, 0.5) is 0 Å². The van der Waals surface area contributed by atoms with Crippen LogP contribution in [0.2, 0.25) is 5.02 Å². The maximum atomic E-state index is 11.8. The van der Waals surface area contributed by atoms with Crippen LogP contribution >= 0.6 is 11.6 Å². The molecule has 0 heterocycles. The first-order chi connectivity index (χ1) is 8.65. The molecule has 3 nitrogen and oxygen atoms in total. The predicted octanol–water partition coefficient (Wildman–Crippen LogP) is 2.97. The summed E-state index contributed by atoms with van der Waals surface area (Å²) in [4.78, 5) is 23.5. The number of hydrogen-bond acceptors (Lipinski definition) is 2. The molecule has 1 aromatic rings. The van der Waals surface area contributed by atoms with Crippen molar-refractivity contribution >= 4 is 23.3 Å². The van der Waals surface area contributed by atoms with Gasteiger partial charge in [0.25, 0.3) is 0 Å². The van der Waals surface area contributed by atoms with Crippen LogP contribution in [0.15, 0.2) is 24.3 Å². The van der Waals surface area contributed by atoms with Crippen LogP contribution in [0.1, 0.15) is 42.5 Å². The number of Topliss-reactive ketones (excluding diaryl/α,β-unsaturated/α-hetero) is 1. The second kappa shape index (κ2) is 6.01. The van der Waals surface area contributed by atoms with Crippen LogP contribution < -0.4 is 5.32 Å². The van der Waals surface area contributed by atoms with Gasteiger partial charge < -0.3 is 5.32 Å². The van der Waals surface area contributed by atoms with Crippen molar-refractivity contribution in [3.63, 3.8) is 0 Å². The van der Waals surface area contributed by atoms with Gasteiger partial charge >= 0.3 is 0 Å². The maximum absolute atomic E-state index is 11.8. The van der Waals surface area contributed by atoms with Crippen LogP contribution in [0.5, 0.6) is 0 Å². The summed E-state index contributed by atoms with van der Waals surface area (Å²) < 4.78 is 0. The van der Waals surface area contributed by atoms with E-state index in [1.165, 1.54) is 0 Å². The molecule has 0 radical (unpaired) electrons. The van der Waals surface area contributed by atoms with E-state index in [9.17, 15) is 9.59 Å². The number of benzene rings is 1. The Kier molecular flexibility index (Phi) is 4.37. The molecular weight excluding hydrogens is 250 g/mol. The minimum atomic E-state index is -0.179. The van der Waals surface area contributed by atoms with Crippen LogP contribution in [0.25, 0.3) is 0 Å². The first-order valence-corrected chi connectivity index (χ1v) is 6.61. The van der Waals surface area contributed by atoms with E-state index >= 15 is 0 Å². The highest BCUT2D eigenvalue weighted by Gasteiger charge is 2.19. The Morgan fingerprint density at radius 3 is 2.39 bits per heavy atom. The number of halogens is 1. The summed E-state index contributed by atoms with van der Waals surface area (Å²) in [5.41, 5.74) is 0.529. The molecule has 1 aliphatic carbocycles. The Hall–Kier alpha value is -1.35. The molecule has 1 amide bonds. The lowest BCUT2D eigenvalue weighted by atomic mass is 10.1. The molecule has 1 saturated carbocycles. The minimum Gasteiger partial charge on any atom is -0.353 e. The van der Waals surface area contributed by atoms with Gasteiger partial charge in [0.1, 0.15) is 0 Å². The Balaban J connectivity index is 1.86. The van der Waals surface area contributed by atoms with E-state index < -0.39 is 0 Å². The molecule has 0 unspecified atom stereocenters. The van der Waals surface area contributed by atoms with E-state index in [0.717, 1.165) is 25.7 Å². The smallest absolute Gasteiger partial charge is 0.228 e. The van der Waals surface area contributed by atoms with E-state index in [0.29, 0.717) is 10.6 Å². The van der Waals surface area contributed by atoms with Crippen molar-refractivity contribution in [2.45, 2.75) is 38.1 Å². The second-order valence-corrected chi connectivity index (χ2v) is 5.09. The number of rotatable bonds is 4. The number of hydrogen-bond donors (Lipinski definition) is 1. The summed E-state index contributed by atoms with van der Waals surface area (Å²) in [6, 6.07) is 6.87. The fourth-order valence-electron chi connectivity index (χ4n) is 2.23. The van der Waals surface area contributed by atoms with Gasteiger partial charge in [0.05, 0.1) is 6.42 Å². The lowest BCUT2D eigenvalue weighted by Crippen LogP contribution is -2.33. The van der Waals surface area contributed by atoms with Crippen LogP contribution in [0, 0.1) is 0 Å². The Morgan fingerprint density at radius 2 is 1.78 bits per heavy atom. The average molecular weight is 266 g/mol. The molecule has 0 bridgehead atoms. The zero-order chi connectivity index (χ0) is 13.0. The molecule has 4 heteroatoms. The summed E-state index contributed by atoms with van der Waals surface area (Å²) in [6.45, 7) is 0. The third kappa shape index (κ3) is 3.57. The first kappa shape index (κ1) is 13.1. The molecule has 1 fully saturated rings. The summed E-state index contributed by atoms with van der Waals surface area (Å²) in [7, 11) is 0. The molecule has 0 spiro atoms. The van der Waals surface area contributed by atoms with E-state index in [1.54, 1.807) is 24.3 Å². The largest absolute Gasteiger partial charge is 0.353 e. The normalized spacial score (nSPS) is 15.6. The average Bonchev–Trinajstić information content (AvgIpc) is 2.82. The van der Waals surface area contributed by atoms with Gasteiger partial charge in [0, 0.05) is 16.6 Å². The van der Waals surface area contributed by atoms with Crippen molar-refractivity contribution < 1.29 is 9.59 Å². The first-order valence-electron chi connectivity index (χ1n) is 6.23. The quantitative estimate of drug-likeness (QED) is 0.672. The molecular formula is C14H16ClNO2. The molecule has 0 atom stereocenters. The molecule has 1 N–H and O–H groups in total. The number of carbonyl (C=O) groups is 2. The fourth-order valence-corrected chi connectivity index (χ4v) is 2.36. The summed E-state index contributed by atoms with van der Waals surface area (Å²) in [5, 5.41) is 3.49. The molecule has 18 heavy (non-hydrogen) atoms. The SMILES string of the molecule is O=C(CC(=O)c1ccc(Cl)cc1)NC1CCCC1. The molecule has 96 valence electrons. The van der Waals surface area contributed by atoms with E-state index in [-0.39, 0.29) is 24.2 Å². The lowest BCUT2D eigenvalue weighted by Gasteiger charge is -2.11. The Labute approximate surface area is 112 Å². The number of nitrogens with one attached hydrogen (secondary N) is 1. The zero-order valence-corrected chi connectivity index (χ0v) is 10.9. The number of amides is 1. The highest BCUT2D eigenvalue weighted by Crippen LogP contribution is 2.18. The summed E-state index contributed by atoms with van der Waals surface area (Å²) in [6.07, 6.45) is 4.30. The van der Waals surface area contributed by atoms with Crippen LogP contribution in [-0.4, -0.2) is 17.7 Å².